The fourth-order valence-electron chi connectivity index (χ4n) is 4.67. The highest BCUT2D eigenvalue weighted by Gasteiger charge is 2.40. The van der Waals surface area contributed by atoms with Crippen LogP contribution in [-0.4, -0.2) is 51.3 Å². The van der Waals surface area contributed by atoms with Crippen LogP contribution in [0.25, 0.3) is 10.9 Å². The Balaban J connectivity index is 1.30. The number of aromatic amines is 1. The van der Waals surface area contributed by atoms with E-state index in [1.165, 1.54) is 18.1 Å². The zero-order valence-electron chi connectivity index (χ0n) is 17.7. The van der Waals surface area contributed by atoms with E-state index in [0.29, 0.717) is 26.9 Å². The van der Waals surface area contributed by atoms with Crippen LogP contribution in [-0.2, 0) is 4.74 Å². The summed E-state index contributed by atoms with van der Waals surface area (Å²) in [7, 11) is 0. The normalized spacial score (nSPS) is 26.0. The summed E-state index contributed by atoms with van der Waals surface area (Å²) in [4.78, 5) is 31.1. The van der Waals surface area contributed by atoms with Gasteiger partial charge in [-0.05, 0) is 38.3 Å². The van der Waals surface area contributed by atoms with Crippen LogP contribution < -0.4 is 16.2 Å². The van der Waals surface area contributed by atoms with E-state index in [2.05, 4.69) is 31.8 Å². The second kappa shape index (κ2) is 8.97. The summed E-state index contributed by atoms with van der Waals surface area (Å²) >= 11 is 7.87. The van der Waals surface area contributed by atoms with Crippen molar-refractivity contribution < 1.29 is 4.74 Å². The quantitative estimate of drug-likeness (QED) is 0.597. The number of hydrogen-bond acceptors (Lipinski definition) is 8. The standard InChI is InChI=1S/C22H25ClN6O2S/c1-12-21(24)13-6-8-29(7-2-3-15(13)31-12)17-9-26-18(10-25-17)32-16-5-4-14-19(20(16)23)22(30)28-11-27-14/h4-5,9-13,15,21H,2-3,6-8,24H2,1H3,(H,27,28,30)/t12-,13?,15?,21+/m0/s1. The van der Waals surface area contributed by atoms with Crippen molar-refractivity contribution in [2.45, 2.75) is 54.4 Å². The molecule has 4 heterocycles. The smallest absolute Gasteiger partial charge is 0.260 e. The van der Waals surface area contributed by atoms with Crippen molar-refractivity contribution >= 4 is 40.1 Å². The van der Waals surface area contributed by atoms with Gasteiger partial charge in [0.25, 0.3) is 5.56 Å². The molecule has 2 aromatic heterocycles. The highest BCUT2D eigenvalue weighted by molar-refractivity contribution is 7.99. The molecule has 2 saturated heterocycles. The fraction of sp³-hybridized carbons (Fsp3) is 0.455. The van der Waals surface area contributed by atoms with Crippen LogP contribution in [0.3, 0.4) is 0 Å². The van der Waals surface area contributed by atoms with Gasteiger partial charge in [0.15, 0.2) is 0 Å². The molecule has 3 aromatic rings. The molecular weight excluding hydrogens is 448 g/mol. The van der Waals surface area contributed by atoms with Gasteiger partial charge < -0.3 is 20.4 Å². The lowest BCUT2D eigenvalue weighted by Gasteiger charge is -2.31. The number of benzene rings is 1. The van der Waals surface area contributed by atoms with Crippen LogP contribution in [0.15, 0.2) is 45.6 Å². The van der Waals surface area contributed by atoms with Crippen LogP contribution in [0, 0.1) is 5.92 Å². The van der Waals surface area contributed by atoms with Crippen LogP contribution in [0.4, 0.5) is 5.82 Å². The second-order valence-electron chi connectivity index (χ2n) is 8.36. The first-order valence-electron chi connectivity index (χ1n) is 10.8. The molecule has 0 aliphatic carbocycles. The van der Waals surface area contributed by atoms with Crippen LogP contribution in [0.1, 0.15) is 26.2 Å². The largest absolute Gasteiger partial charge is 0.373 e. The Kier molecular flexibility index (Phi) is 6.07. The predicted molar refractivity (Wildman–Crippen MR) is 125 cm³/mol. The highest BCUT2D eigenvalue weighted by Crippen LogP contribution is 2.36. The van der Waals surface area contributed by atoms with E-state index in [1.807, 2.05) is 6.07 Å². The van der Waals surface area contributed by atoms with E-state index >= 15 is 0 Å². The van der Waals surface area contributed by atoms with E-state index in [4.69, 9.17) is 22.1 Å². The predicted octanol–water partition coefficient (Wildman–Crippen LogP) is 3.24. The molecule has 2 unspecified atom stereocenters. The number of rotatable bonds is 3. The molecule has 168 valence electrons. The van der Waals surface area contributed by atoms with Gasteiger partial charge in [-0.3, -0.25) is 4.79 Å². The summed E-state index contributed by atoms with van der Waals surface area (Å²) in [5.74, 6) is 1.25. The van der Waals surface area contributed by atoms with Gasteiger partial charge in [-0.2, -0.15) is 0 Å². The van der Waals surface area contributed by atoms with Gasteiger partial charge in [-0.1, -0.05) is 23.4 Å². The van der Waals surface area contributed by atoms with Crippen molar-refractivity contribution in [3.8, 4) is 0 Å². The minimum atomic E-state index is -0.259. The number of fused-ring (bicyclic) bond motifs is 2. The molecule has 2 aliphatic rings. The zero-order chi connectivity index (χ0) is 22.2. The molecule has 32 heavy (non-hydrogen) atoms. The third-order valence-electron chi connectivity index (χ3n) is 6.42. The number of nitrogens with one attached hydrogen (secondary N) is 1. The van der Waals surface area contributed by atoms with E-state index in [0.717, 1.165) is 43.1 Å². The summed E-state index contributed by atoms with van der Waals surface area (Å²) < 4.78 is 6.06. The Morgan fingerprint density at radius 3 is 2.91 bits per heavy atom. The Morgan fingerprint density at radius 1 is 1.22 bits per heavy atom. The SMILES string of the molecule is C[C@@H]1OC2CCCN(c3cnc(Sc4ccc5nc[nH]c(=O)c5c4Cl)cn3)CCC2[C@@H]1N. The molecule has 0 bridgehead atoms. The van der Waals surface area contributed by atoms with Crippen molar-refractivity contribution in [3.63, 3.8) is 0 Å². The maximum atomic E-state index is 12.1. The summed E-state index contributed by atoms with van der Waals surface area (Å²) in [5, 5.41) is 1.46. The van der Waals surface area contributed by atoms with E-state index in [-0.39, 0.29) is 23.8 Å². The van der Waals surface area contributed by atoms with Crippen molar-refractivity contribution in [3.05, 3.63) is 46.2 Å². The monoisotopic (exact) mass is 472 g/mol. The maximum absolute atomic E-state index is 12.1. The molecule has 0 saturated carbocycles. The van der Waals surface area contributed by atoms with Gasteiger partial charge in [0.2, 0.25) is 0 Å². The van der Waals surface area contributed by atoms with Crippen molar-refractivity contribution in [1.29, 1.82) is 0 Å². The third-order valence-corrected chi connectivity index (χ3v) is 7.90. The van der Waals surface area contributed by atoms with E-state index in [9.17, 15) is 4.79 Å². The minimum Gasteiger partial charge on any atom is -0.373 e. The Morgan fingerprint density at radius 2 is 2.09 bits per heavy atom. The van der Waals surface area contributed by atoms with Gasteiger partial charge in [0, 0.05) is 29.9 Å². The second-order valence-corrected chi connectivity index (χ2v) is 9.80. The average Bonchev–Trinajstić information content (AvgIpc) is 3.03. The summed E-state index contributed by atoms with van der Waals surface area (Å²) in [6.45, 7) is 3.88. The first kappa shape index (κ1) is 21.6. The molecule has 10 heteroatoms. The molecule has 4 atom stereocenters. The van der Waals surface area contributed by atoms with Gasteiger partial charge in [-0.25, -0.2) is 15.0 Å². The molecule has 0 spiro atoms. The molecule has 1 aromatic carbocycles. The Labute approximate surface area is 194 Å². The van der Waals surface area contributed by atoms with Crippen LogP contribution in [0.2, 0.25) is 5.02 Å². The first-order valence-corrected chi connectivity index (χ1v) is 12.0. The molecular formula is C22H25ClN6O2S. The number of hydrogen-bond donors (Lipinski definition) is 2. The number of nitrogens with two attached hydrogens (primary N) is 1. The first-order chi connectivity index (χ1) is 15.5. The maximum Gasteiger partial charge on any atom is 0.260 e. The summed E-state index contributed by atoms with van der Waals surface area (Å²) in [6, 6.07) is 3.73. The third kappa shape index (κ3) is 4.10. The number of anilines is 1. The number of halogens is 1. The highest BCUT2D eigenvalue weighted by atomic mass is 35.5. The van der Waals surface area contributed by atoms with Gasteiger partial charge in [-0.15, -0.1) is 0 Å². The number of ether oxygens (including phenoxy) is 1. The fourth-order valence-corrected chi connectivity index (χ4v) is 5.80. The molecule has 0 radical (unpaired) electrons. The molecule has 3 N–H and O–H groups in total. The molecule has 8 nitrogen and oxygen atoms in total. The molecule has 0 amide bonds. The lowest BCUT2D eigenvalue weighted by Crippen LogP contribution is -2.40. The van der Waals surface area contributed by atoms with Crippen molar-refractivity contribution in [2.24, 2.45) is 11.7 Å². The van der Waals surface area contributed by atoms with E-state index in [1.54, 1.807) is 18.5 Å². The lowest BCUT2D eigenvalue weighted by atomic mass is 9.88. The van der Waals surface area contributed by atoms with Crippen LogP contribution >= 0.6 is 23.4 Å². The number of H-pyrrole nitrogens is 1. The molecule has 2 aliphatic heterocycles. The molecule has 5 rings (SSSR count). The van der Waals surface area contributed by atoms with Crippen molar-refractivity contribution in [1.82, 2.24) is 19.9 Å². The number of nitrogens with zero attached hydrogens (tertiary/aromatic N) is 4. The van der Waals surface area contributed by atoms with Gasteiger partial charge in [0.05, 0.1) is 46.9 Å². The van der Waals surface area contributed by atoms with Crippen molar-refractivity contribution in [2.75, 3.05) is 18.0 Å². The minimum absolute atomic E-state index is 0.0962. The lowest BCUT2D eigenvalue weighted by molar-refractivity contribution is 0.0341. The Hall–Kier alpha value is -2.20. The van der Waals surface area contributed by atoms with Gasteiger partial charge in [0.1, 0.15) is 10.8 Å². The summed E-state index contributed by atoms with van der Waals surface area (Å²) in [5.41, 5.74) is 6.68. The van der Waals surface area contributed by atoms with Crippen LogP contribution in [0.5, 0.6) is 0 Å². The van der Waals surface area contributed by atoms with E-state index < -0.39 is 0 Å². The Bertz CT molecular complexity index is 1170. The average molecular weight is 473 g/mol. The number of aromatic nitrogens is 4. The van der Waals surface area contributed by atoms with Gasteiger partial charge >= 0.3 is 0 Å². The topological polar surface area (TPSA) is 110 Å². The zero-order valence-corrected chi connectivity index (χ0v) is 19.3. The summed E-state index contributed by atoms with van der Waals surface area (Å²) in [6.07, 6.45) is 8.38. The molecule has 2 fully saturated rings.